The summed E-state index contributed by atoms with van der Waals surface area (Å²) in [6.07, 6.45) is 9.71. The number of rotatable bonds is 7. The highest BCUT2D eigenvalue weighted by Gasteiger charge is 2.21. The van der Waals surface area contributed by atoms with Crippen molar-refractivity contribution < 1.29 is 14.3 Å². The average Bonchev–Trinajstić information content (AvgIpc) is 3.41. The number of carbonyl (C=O) groups is 2. The average molecular weight is 490 g/mol. The van der Waals surface area contributed by atoms with Crippen molar-refractivity contribution in [2.24, 2.45) is 5.92 Å². The lowest BCUT2D eigenvalue weighted by Gasteiger charge is -2.22. The first-order valence-electron chi connectivity index (χ1n) is 11.8. The Hall–Kier alpha value is -3.43. The highest BCUT2D eigenvalue weighted by atomic mass is 32.2. The van der Waals surface area contributed by atoms with Gasteiger partial charge in [-0.15, -0.1) is 0 Å². The minimum Gasteiger partial charge on any atom is -0.381 e. The maximum Gasteiger partial charge on any atom is 0.273 e. The van der Waals surface area contributed by atoms with Gasteiger partial charge in [0.15, 0.2) is 11.5 Å². The van der Waals surface area contributed by atoms with Gasteiger partial charge in [0, 0.05) is 49.2 Å². The molecule has 9 heteroatoms. The zero-order valence-electron chi connectivity index (χ0n) is 19.2. The van der Waals surface area contributed by atoms with Crippen molar-refractivity contribution >= 4 is 40.4 Å². The molecule has 0 saturated carbocycles. The lowest BCUT2D eigenvalue weighted by atomic mass is 9.96. The molecule has 0 bridgehead atoms. The first-order valence-corrected chi connectivity index (χ1v) is 12.6. The molecule has 1 unspecified atom stereocenters. The Labute approximate surface area is 208 Å². The van der Waals surface area contributed by atoms with E-state index in [1.807, 2.05) is 42.6 Å². The number of nitrogens with one attached hydrogen (secondary N) is 3. The third-order valence-electron chi connectivity index (χ3n) is 6.32. The summed E-state index contributed by atoms with van der Waals surface area (Å²) in [5.41, 5.74) is 1.80. The van der Waals surface area contributed by atoms with E-state index >= 15 is 0 Å². The van der Waals surface area contributed by atoms with Crippen LogP contribution in [0.25, 0.3) is 10.8 Å². The molecule has 180 valence electrons. The second-order valence-corrected chi connectivity index (χ2v) is 9.71. The van der Waals surface area contributed by atoms with Crippen LogP contribution >= 0.6 is 11.9 Å². The van der Waals surface area contributed by atoms with Crippen LogP contribution in [0.1, 0.15) is 39.3 Å². The molecule has 0 radical (unpaired) electrons. The van der Waals surface area contributed by atoms with Crippen molar-refractivity contribution in [3.63, 3.8) is 0 Å². The monoisotopic (exact) mass is 489 g/mol. The molecule has 2 aromatic carbocycles. The molecule has 2 aliphatic heterocycles. The van der Waals surface area contributed by atoms with Crippen LogP contribution in [0.3, 0.4) is 0 Å². The second-order valence-electron chi connectivity index (χ2n) is 8.63. The maximum absolute atomic E-state index is 13.3. The summed E-state index contributed by atoms with van der Waals surface area (Å²) in [5.74, 6) is -0.158. The molecule has 3 aromatic rings. The van der Waals surface area contributed by atoms with Gasteiger partial charge in [-0.25, -0.2) is 9.97 Å². The lowest BCUT2D eigenvalue weighted by Crippen LogP contribution is -2.33. The Bertz CT molecular complexity index is 1260. The van der Waals surface area contributed by atoms with Gasteiger partial charge in [-0.3, -0.25) is 9.59 Å². The number of ether oxygens (including phenoxy) is 1. The highest BCUT2D eigenvalue weighted by molar-refractivity contribution is 7.98. The second kappa shape index (κ2) is 10.9. The zero-order valence-corrected chi connectivity index (χ0v) is 20.0. The van der Waals surface area contributed by atoms with Crippen molar-refractivity contribution in [2.75, 3.05) is 25.1 Å². The first-order chi connectivity index (χ1) is 17.2. The fourth-order valence-corrected chi connectivity index (χ4v) is 5.17. The van der Waals surface area contributed by atoms with Crippen LogP contribution in [-0.2, 0) is 11.2 Å². The van der Waals surface area contributed by atoms with Gasteiger partial charge >= 0.3 is 0 Å². The SMILES string of the molecule is O=C(NCC1CCOCC1)c1nccnc1NC(=O)c1ccc(CC2C=CNS2)c2ccccc12. The molecule has 3 N–H and O–H groups in total. The van der Waals surface area contributed by atoms with Crippen LogP contribution in [-0.4, -0.2) is 46.8 Å². The molecule has 1 atom stereocenters. The fourth-order valence-electron chi connectivity index (χ4n) is 4.42. The lowest BCUT2D eigenvalue weighted by molar-refractivity contribution is 0.0642. The minimum absolute atomic E-state index is 0.103. The van der Waals surface area contributed by atoms with Crippen LogP contribution in [0.5, 0.6) is 0 Å². The molecular weight excluding hydrogens is 462 g/mol. The largest absolute Gasteiger partial charge is 0.381 e. The highest BCUT2D eigenvalue weighted by Crippen LogP contribution is 2.28. The van der Waals surface area contributed by atoms with Gasteiger partial charge in [-0.05, 0) is 59.5 Å². The molecule has 0 aliphatic carbocycles. The molecule has 35 heavy (non-hydrogen) atoms. The Kier molecular flexibility index (Phi) is 7.25. The van der Waals surface area contributed by atoms with Crippen molar-refractivity contribution in [2.45, 2.75) is 24.5 Å². The predicted molar refractivity (Wildman–Crippen MR) is 137 cm³/mol. The third-order valence-corrected chi connectivity index (χ3v) is 7.21. The van der Waals surface area contributed by atoms with Gasteiger partial charge in [0.2, 0.25) is 0 Å². The molecule has 0 spiro atoms. The summed E-state index contributed by atoms with van der Waals surface area (Å²) in [7, 11) is 0. The summed E-state index contributed by atoms with van der Waals surface area (Å²) in [5, 5.41) is 7.99. The number of hydrogen-bond acceptors (Lipinski definition) is 7. The molecule has 5 rings (SSSR count). The van der Waals surface area contributed by atoms with Crippen molar-refractivity contribution in [3.8, 4) is 0 Å². The van der Waals surface area contributed by atoms with E-state index in [4.69, 9.17) is 4.74 Å². The van der Waals surface area contributed by atoms with Gasteiger partial charge in [-0.2, -0.15) is 0 Å². The topological polar surface area (TPSA) is 105 Å². The smallest absolute Gasteiger partial charge is 0.273 e. The summed E-state index contributed by atoms with van der Waals surface area (Å²) in [6.45, 7) is 1.97. The van der Waals surface area contributed by atoms with Crippen LogP contribution < -0.4 is 15.4 Å². The van der Waals surface area contributed by atoms with E-state index in [2.05, 4.69) is 31.4 Å². The van der Waals surface area contributed by atoms with E-state index < -0.39 is 0 Å². The van der Waals surface area contributed by atoms with Crippen molar-refractivity contribution in [1.29, 1.82) is 0 Å². The Balaban J connectivity index is 1.34. The van der Waals surface area contributed by atoms with Gasteiger partial charge in [0.25, 0.3) is 11.8 Å². The number of benzene rings is 2. The number of amides is 2. The zero-order chi connectivity index (χ0) is 24.0. The maximum atomic E-state index is 13.3. The summed E-state index contributed by atoms with van der Waals surface area (Å²) < 4.78 is 8.54. The number of carbonyl (C=O) groups excluding carboxylic acids is 2. The number of fused-ring (bicyclic) bond motifs is 1. The Morgan fingerprint density at radius 2 is 1.83 bits per heavy atom. The summed E-state index contributed by atoms with van der Waals surface area (Å²) in [4.78, 5) is 34.6. The molecule has 2 amide bonds. The van der Waals surface area contributed by atoms with Gasteiger partial charge in [0.1, 0.15) is 0 Å². The predicted octanol–water partition coefficient (Wildman–Crippen LogP) is 3.71. The van der Waals surface area contributed by atoms with Crippen LogP contribution in [0.2, 0.25) is 0 Å². The molecule has 2 aliphatic rings. The van der Waals surface area contributed by atoms with E-state index in [1.54, 1.807) is 11.9 Å². The number of nitrogens with zero attached hydrogens (tertiary/aromatic N) is 2. The fraction of sp³-hybridized carbons (Fsp3) is 0.308. The number of anilines is 1. The molecule has 3 heterocycles. The Morgan fingerprint density at radius 3 is 2.63 bits per heavy atom. The molecule has 1 aromatic heterocycles. The van der Waals surface area contributed by atoms with Gasteiger partial charge in [0.05, 0.1) is 0 Å². The quantitative estimate of drug-likeness (QED) is 0.435. The van der Waals surface area contributed by atoms with Crippen LogP contribution in [0.15, 0.2) is 61.1 Å². The van der Waals surface area contributed by atoms with E-state index in [-0.39, 0.29) is 23.3 Å². The van der Waals surface area contributed by atoms with Crippen molar-refractivity contribution in [1.82, 2.24) is 20.0 Å². The normalized spacial score (nSPS) is 17.8. The molecular formula is C26H27N5O3S. The molecule has 8 nitrogen and oxygen atoms in total. The van der Waals surface area contributed by atoms with Gasteiger partial charge in [-0.1, -0.05) is 36.4 Å². The first kappa shape index (κ1) is 23.3. The Morgan fingerprint density at radius 1 is 1.03 bits per heavy atom. The standard InChI is InChI=1S/C26H27N5O3S/c32-25(22-6-5-18(15-19-7-10-30-35-19)20-3-1-2-4-21(20)22)31-24-23(27-11-12-28-24)26(33)29-16-17-8-13-34-14-9-17/h1-7,10-12,17,19,30H,8-9,13-16H2,(H,29,33)(H,28,31,32). The number of aromatic nitrogens is 2. The van der Waals surface area contributed by atoms with Crippen LogP contribution in [0.4, 0.5) is 5.82 Å². The summed E-state index contributed by atoms with van der Waals surface area (Å²) >= 11 is 1.68. The number of hydrogen-bond donors (Lipinski definition) is 3. The molecule has 1 fully saturated rings. The van der Waals surface area contributed by atoms with E-state index in [1.165, 1.54) is 18.0 Å². The van der Waals surface area contributed by atoms with E-state index in [0.29, 0.717) is 36.5 Å². The third kappa shape index (κ3) is 5.47. The van der Waals surface area contributed by atoms with Crippen LogP contribution in [0, 0.1) is 5.92 Å². The summed E-state index contributed by atoms with van der Waals surface area (Å²) in [6, 6.07) is 11.7. The molecule has 1 saturated heterocycles. The minimum atomic E-state index is -0.351. The van der Waals surface area contributed by atoms with E-state index in [0.717, 1.165) is 30.0 Å². The van der Waals surface area contributed by atoms with E-state index in [9.17, 15) is 9.59 Å². The van der Waals surface area contributed by atoms with Gasteiger partial charge < -0.3 is 20.1 Å². The van der Waals surface area contributed by atoms with Crippen molar-refractivity contribution in [3.05, 3.63) is 77.9 Å².